The van der Waals surface area contributed by atoms with E-state index in [1.54, 1.807) is 60.7 Å². The number of azo groups is 2. The van der Waals surface area contributed by atoms with E-state index < -0.39 is 11.6 Å². The Balaban J connectivity index is 1.57. The number of ketones is 2. The van der Waals surface area contributed by atoms with Crippen LogP contribution in [0.3, 0.4) is 0 Å². The molecular formula is C28H20N4O4. The van der Waals surface area contributed by atoms with Crippen molar-refractivity contribution < 1.29 is 19.8 Å². The van der Waals surface area contributed by atoms with Gasteiger partial charge in [-0.25, -0.2) is 0 Å². The van der Waals surface area contributed by atoms with Gasteiger partial charge in [-0.2, -0.15) is 0 Å². The van der Waals surface area contributed by atoms with Crippen LogP contribution in [0.4, 0.5) is 22.7 Å². The highest BCUT2D eigenvalue weighted by atomic mass is 16.3. The molecular weight excluding hydrogens is 456 g/mol. The van der Waals surface area contributed by atoms with Gasteiger partial charge in [-0.1, -0.05) is 36.4 Å². The number of aromatic hydroxyl groups is 2. The summed E-state index contributed by atoms with van der Waals surface area (Å²) in [6.07, 6.45) is 0. The van der Waals surface area contributed by atoms with Gasteiger partial charge in [0.25, 0.3) is 0 Å². The van der Waals surface area contributed by atoms with Crippen LogP contribution >= 0.6 is 0 Å². The largest absolute Gasteiger partial charge is 0.506 e. The number of hydrogen-bond acceptors (Lipinski definition) is 8. The van der Waals surface area contributed by atoms with Crippen molar-refractivity contribution in [3.8, 4) is 11.5 Å². The molecule has 0 aromatic heterocycles. The zero-order chi connectivity index (χ0) is 25.4. The molecule has 2 N–H and O–H groups in total. The number of phenolic OH excluding ortho intramolecular Hbond substituents is 2. The number of benzene rings is 4. The van der Waals surface area contributed by atoms with E-state index in [1.807, 2.05) is 13.8 Å². The van der Waals surface area contributed by atoms with Crippen molar-refractivity contribution >= 4 is 34.3 Å². The molecule has 8 heteroatoms. The fourth-order valence-electron chi connectivity index (χ4n) is 4.01. The summed E-state index contributed by atoms with van der Waals surface area (Å²) in [5, 5.41) is 36.7. The Morgan fingerprint density at radius 2 is 0.917 bits per heavy atom. The molecule has 4 aromatic carbocycles. The van der Waals surface area contributed by atoms with E-state index in [2.05, 4.69) is 20.5 Å². The lowest BCUT2D eigenvalue weighted by Crippen LogP contribution is -2.21. The van der Waals surface area contributed by atoms with Crippen molar-refractivity contribution in [1.29, 1.82) is 0 Å². The molecule has 0 heterocycles. The lowest BCUT2D eigenvalue weighted by atomic mass is 9.82. The molecule has 0 bridgehead atoms. The summed E-state index contributed by atoms with van der Waals surface area (Å²) in [6.45, 7) is 3.72. The smallest absolute Gasteiger partial charge is 0.196 e. The zero-order valence-corrected chi connectivity index (χ0v) is 19.4. The van der Waals surface area contributed by atoms with Gasteiger partial charge < -0.3 is 10.2 Å². The van der Waals surface area contributed by atoms with Gasteiger partial charge in [0.15, 0.2) is 11.6 Å². The minimum absolute atomic E-state index is 0.0449. The van der Waals surface area contributed by atoms with Crippen molar-refractivity contribution in [2.45, 2.75) is 13.8 Å². The molecule has 36 heavy (non-hydrogen) atoms. The van der Waals surface area contributed by atoms with Gasteiger partial charge in [0.05, 0.1) is 22.5 Å². The second kappa shape index (κ2) is 8.99. The summed E-state index contributed by atoms with van der Waals surface area (Å²) in [7, 11) is 0. The van der Waals surface area contributed by atoms with Crippen LogP contribution in [0.2, 0.25) is 0 Å². The molecule has 0 unspecified atom stereocenters. The quantitative estimate of drug-likeness (QED) is 0.264. The molecule has 176 valence electrons. The number of nitrogens with zero attached hydrogens (tertiary/aromatic N) is 4. The standard InChI is InChI=1S/C28H20N4O4/c1-15-9-11-23(33)21(13-15)31-29-19-7-3-5-17-25(19)27(35)18-6-4-8-20(26(18)28(17)36)30-32-22-14-16(2)10-12-24(22)34/h3-14,33-34H,1-2H3. The van der Waals surface area contributed by atoms with Crippen LogP contribution in [0, 0.1) is 13.8 Å². The van der Waals surface area contributed by atoms with E-state index in [0.717, 1.165) is 11.1 Å². The average Bonchev–Trinajstić information content (AvgIpc) is 2.87. The third-order valence-corrected chi connectivity index (χ3v) is 5.82. The lowest BCUT2D eigenvalue weighted by Gasteiger charge is -2.19. The molecule has 0 saturated heterocycles. The molecule has 1 aliphatic rings. The highest BCUT2D eigenvalue weighted by Crippen LogP contribution is 2.39. The van der Waals surface area contributed by atoms with Crippen LogP contribution in [-0.2, 0) is 0 Å². The average molecular weight is 476 g/mol. The van der Waals surface area contributed by atoms with Crippen LogP contribution in [0.5, 0.6) is 11.5 Å². The fourth-order valence-corrected chi connectivity index (χ4v) is 4.01. The van der Waals surface area contributed by atoms with Crippen LogP contribution in [0.15, 0.2) is 93.3 Å². The third-order valence-electron chi connectivity index (χ3n) is 5.82. The van der Waals surface area contributed by atoms with E-state index in [0.29, 0.717) is 0 Å². The summed E-state index contributed by atoms with van der Waals surface area (Å²) in [6, 6.07) is 19.4. The normalized spacial score (nSPS) is 12.8. The minimum atomic E-state index is -0.391. The number of hydrogen-bond donors (Lipinski definition) is 2. The van der Waals surface area contributed by atoms with Crippen LogP contribution in [-0.4, -0.2) is 21.8 Å². The van der Waals surface area contributed by atoms with Crippen molar-refractivity contribution in [2.24, 2.45) is 20.5 Å². The summed E-state index contributed by atoms with van der Waals surface area (Å²) in [5.74, 6) is -0.871. The zero-order valence-electron chi connectivity index (χ0n) is 19.4. The maximum Gasteiger partial charge on any atom is 0.196 e. The Morgan fingerprint density at radius 3 is 1.33 bits per heavy atom. The first-order valence-electron chi connectivity index (χ1n) is 11.1. The van der Waals surface area contributed by atoms with Gasteiger partial charge in [0.2, 0.25) is 0 Å². The Hall–Kier alpha value is -4.98. The second-order valence-electron chi connectivity index (χ2n) is 8.44. The van der Waals surface area contributed by atoms with E-state index >= 15 is 0 Å². The molecule has 0 spiro atoms. The Kier molecular flexibility index (Phi) is 5.69. The number of carbonyl (C=O) groups excluding carboxylic acids is 2. The van der Waals surface area contributed by atoms with Crippen molar-refractivity contribution in [2.75, 3.05) is 0 Å². The summed E-state index contributed by atoms with van der Waals surface area (Å²) in [4.78, 5) is 27.0. The van der Waals surface area contributed by atoms with E-state index in [4.69, 9.17) is 0 Å². The molecule has 0 saturated carbocycles. The van der Waals surface area contributed by atoms with Crippen molar-refractivity contribution in [1.82, 2.24) is 0 Å². The van der Waals surface area contributed by atoms with Gasteiger partial charge in [-0.05, 0) is 61.4 Å². The van der Waals surface area contributed by atoms with Crippen molar-refractivity contribution in [3.63, 3.8) is 0 Å². The molecule has 0 atom stereocenters. The summed E-state index contributed by atoms with van der Waals surface area (Å²) < 4.78 is 0. The van der Waals surface area contributed by atoms with Crippen molar-refractivity contribution in [3.05, 3.63) is 106 Å². The van der Waals surface area contributed by atoms with Crippen LogP contribution in [0.1, 0.15) is 43.0 Å². The Bertz CT molecular complexity index is 1500. The molecule has 8 nitrogen and oxygen atoms in total. The highest BCUT2D eigenvalue weighted by Gasteiger charge is 2.33. The lowest BCUT2D eigenvalue weighted by molar-refractivity contribution is 0.0980. The number of phenols is 2. The fraction of sp³-hybridized carbons (Fsp3) is 0.0714. The predicted octanol–water partition coefficient (Wildman–Crippen LogP) is 7.32. The van der Waals surface area contributed by atoms with Gasteiger partial charge in [0.1, 0.15) is 22.9 Å². The van der Waals surface area contributed by atoms with Gasteiger partial charge in [-0.15, -0.1) is 20.5 Å². The molecule has 5 rings (SSSR count). The molecule has 0 fully saturated rings. The summed E-state index contributed by atoms with van der Waals surface area (Å²) in [5.41, 5.74) is 3.34. The maximum absolute atomic E-state index is 13.5. The van der Waals surface area contributed by atoms with Gasteiger partial charge in [-0.3, -0.25) is 9.59 Å². The second-order valence-corrected chi connectivity index (χ2v) is 8.44. The topological polar surface area (TPSA) is 124 Å². The molecule has 4 aromatic rings. The number of aryl methyl sites for hydroxylation is 2. The van der Waals surface area contributed by atoms with Crippen LogP contribution < -0.4 is 0 Å². The van der Waals surface area contributed by atoms with Gasteiger partial charge in [0, 0.05) is 11.1 Å². The first kappa shape index (κ1) is 22.8. The number of rotatable bonds is 4. The Labute approximate surface area is 206 Å². The van der Waals surface area contributed by atoms with E-state index in [-0.39, 0.29) is 56.5 Å². The third kappa shape index (κ3) is 4.05. The number of fused-ring (bicyclic) bond motifs is 2. The summed E-state index contributed by atoms with van der Waals surface area (Å²) >= 11 is 0. The molecule has 0 aliphatic heterocycles. The van der Waals surface area contributed by atoms with Gasteiger partial charge >= 0.3 is 0 Å². The predicted molar refractivity (Wildman–Crippen MR) is 134 cm³/mol. The molecule has 0 amide bonds. The van der Waals surface area contributed by atoms with Crippen LogP contribution in [0.25, 0.3) is 0 Å². The van der Waals surface area contributed by atoms with E-state index in [9.17, 15) is 19.8 Å². The maximum atomic E-state index is 13.5. The van der Waals surface area contributed by atoms with E-state index in [1.165, 1.54) is 12.1 Å². The SMILES string of the molecule is Cc1ccc(O)c(N=Nc2cccc3c2C(=O)c2cccc(N=Nc4cc(C)ccc4O)c2C3=O)c1. The monoisotopic (exact) mass is 476 g/mol. The first-order chi connectivity index (χ1) is 17.3. The highest BCUT2D eigenvalue weighted by molar-refractivity contribution is 6.31. The number of carbonyl (C=O) groups is 2. The minimum Gasteiger partial charge on any atom is -0.506 e. The Morgan fingerprint density at radius 1 is 0.528 bits per heavy atom. The first-order valence-corrected chi connectivity index (χ1v) is 11.1. The molecule has 1 aliphatic carbocycles. The molecule has 0 radical (unpaired) electrons.